The summed E-state index contributed by atoms with van der Waals surface area (Å²) in [5, 5.41) is 15.4. The zero-order chi connectivity index (χ0) is 17.2. The predicted molar refractivity (Wildman–Crippen MR) is 114 cm³/mol. The summed E-state index contributed by atoms with van der Waals surface area (Å²) in [6.45, 7) is 7.29. The number of nitrogens with zero attached hydrogens (tertiary/aromatic N) is 4. The van der Waals surface area contributed by atoms with Gasteiger partial charge in [0.15, 0.2) is 5.96 Å². The molecule has 138 valence electrons. The molecule has 0 spiro atoms. The Hall–Kier alpha value is -1.35. The third kappa shape index (κ3) is 7.60. The van der Waals surface area contributed by atoms with Crippen molar-refractivity contribution in [2.75, 3.05) is 19.6 Å². The fraction of sp³-hybridized carbons (Fsp3) is 0.471. The molecule has 0 atom stereocenters. The molecule has 0 unspecified atom stereocenters. The minimum absolute atomic E-state index is 0. The number of aryl methyl sites for hydroxylation is 1. The van der Waals surface area contributed by atoms with E-state index in [1.807, 2.05) is 24.3 Å². The van der Waals surface area contributed by atoms with Gasteiger partial charge in [0, 0.05) is 37.6 Å². The van der Waals surface area contributed by atoms with Crippen LogP contribution in [0.2, 0.25) is 5.02 Å². The van der Waals surface area contributed by atoms with Crippen LogP contribution in [0.1, 0.15) is 25.2 Å². The van der Waals surface area contributed by atoms with E-state index in [0.717, 1.165) is 55.8 Å². The number of guanidine groups is 1. The minimum atomic E-state index is 0. The number of aromatic nitrogens is 3. The van der Waals surface area contributed by atoms with Crippen molar-refractivity contribution in [1.29, 1.82) is 0 Å². The van der Waals surface area contributed by atoms with Crippen molar-refractivity contribution in [2.24, 2.45) is 4.99 Å². The second kappa shape index (κ2) is 12.1. The van der Waals surface area contributed by atoms with Crippen LogP contribution in [0, 0.1) is 0 Å². The summed E-state index contributed by atoms with van der Waals surface area (Å²) >= 11 is 5.90. The normalized spacial score (nSPS) is 11.1. The largest absolute Gasteiger partial charge is 0.357 e. The smallest absolute Gasteiger partial charge is 0.191 e. The Bertz CT molecular complexity index is 641. The molecule has 1 aromatic carbocycles. The van der Waals surface area contributed by atoms with E-state index in [0.29, 0.717) is 0 Å². The van der Waals surface area contributed by atoms with Crippen LogP contribution < -0.4 is 10.6 Å². The molecule has 0 aliphatic rings. The highest BCUT2D eigenvalue weighted by Gasteiger charge is 2.02. The SMILES string of the molecule is CCNC(=NCCc1ccc(Cl)cc1)NCCn1cnnc1CC.I. The molecule has 25 heavy (non-hydrogen) atoms. The van der Waals surface area contributed by atoms with Crippen LogP contribution >= 0.6 is 35.6 Å². The molecule has 2 N–H and O–H groups in total. The van der Waals surface area contributed by atoms with Gasteiger partial charge in [0.1, 0.15) is 12.2 Å². The van der Waals surface area contributed by atoms with Crippen LogP contribution in [0.5, 0.6) is 0 Å². The lowest BCUT2D eigenvalue weighted by Gasteiger charge is -2.12. The fourth-order valence-corrected chi connectivity index (χ4v) is 2.45. The molecule has 6 nitrogen and oxygen atoms in total. The average molecular weight is 477 g/mol. The Labute approximate surface area is 171 Å². The Morgan fingerprint density at radius 3 is 2.64 bits per heavy atom. The first-order valence-electron chi connectivity index (χ1n) is 8.36. The Kier molecular flexibility index (Phi) is 10.5. The highest BCUT2D eigenvalue weighted by atomic mass is 127. The highest BCUT2D eigenvalue weighted by molar-refractivity contribution is 14.0. The zero-order valence-corrected chi connectivity index (χ0v) is 17.8. The first-order chi connectivity index (χ1) is 11.7. The first-order valence-corrected chi connectivity index (χ1v) is 8.74. The van der Waals surface area contributed by atoms with E-state index in [2.05, 4.69) is 44.2 Å². The van der Waals surface area contributed by atoms with Crippen LogP contribution in [0.15, 0.2) is 35.6 Å². The summed E-state index contributed by atoms with van der Waals surface area (Å²) in [4.78, 5) is 4.61. The predicted octanol–water partition coefficient (Wildman–Crippen LogP) is 2.91. The van der Waals surface area contributed by atoms with Gasteiger partial charge in [-0.3, -0.25) is 4.99 Å². The second-order valence-electron chi connectivity index (χ2n) is 5.36. The van der Waals surface area contributed by atoms with Gasteiger partial charge < -0.3 is 15.2 Å². The summed E-state index contributed by atoms with van der Waals surface area (Å²) in [5.74, 6) is 1.83. The van der Waals surface area contributed by atoms with E-state index in [-0.39, 0.29) is 24.0 Å². The Morgan fingerprint density at radius 1 is 1.20 bits per heavy atom. The van der Waals surface area contributed by atoms with E-state index in [4.69, 9.17) is 11.6 Å². The third-order valence-electron chi connectivity index (χ3n) is 3.58. The molecule has 1 aromatic heterocycles. The molecule has 0 bridgehead atoms. The summed E-state index contributed by atoms with van der Waals surface area (Å²) in [5.41, 5.74) is 1.23. The van der Waals surface area contributed by atoms with Gasteiger partial charge in [0.05, 0.1) is 0 Å². The monoisotopic (exact) mass is 476 g/mol. The molecule has 1 heterocycles. The minimum Gasteiger partial charge on any atom is -0.357 e. The highest BCUT2D eigenvalue weighted by Crippen LogP contribution is 2.09. The molecule has 2 rings (SSSR count). The van der Waals surface area contributed by atoms with E-state index in [1.54, 1.807) is 6.33 Å². The molecule has 8 heteroatoms. The number of rotatable bonds is 8. The molecule has 0 radical (unpaired) electrons. The van der Waals surface area contributed by atoms with E-state index >= 15 is 0 Å². The van der Waals surface area contributed by atoms with Crippen molar-refractivity contribution in [1.82, 2.24) is 25.4 Å². The van der Waals surface area contributed by atoms with Gasteiger partial charge in [0.2, 0.25) is 0 Å². The maximum absolute atomic E-state index is 5.90. The summed E-state index contributed by atoms with van der Waals surface area (Å²) in [6, 6.07) is 7.90. The van der Waals surface area contributed by atoms with E-state index in [9.17, 15) is 0 Å². The van der Waals surface area contributed by atoms with Crippen molar-refractivity contribution >= 4 is 41.5 Å². The lowest BCUT2D eigenvalue weighted by molar-refractivity contribution is 0.632. The van der Waals surface area contributed by atoms with Crippen LogP contribution in [0.3, 0.4) is 0 Å². The zero-order valence-electron chi connectivity index (χ0n) is 14.7. The van der Waals surface area contributed by atoms with Crippen LogP contribution in [-0.4, -0.2) is 40.4 Å². The number of benzene rings is 1. The van der Waals surface area contributed by atoms with E-state index < -0.39 is 0 Å². The number of hydrogen-bond donors (Lipinski definition) is 2. The van der Waals surface area contributed by atoms with Crippen LogP contribution in [0.25, 0.3) is 0 Å². The molecular weight excluding hydrogens is 451 g/mol. The molecule has 0 saturated heterocycles. The summed E-state index contributed by atoms with van der Waals surface area (Å²) < 4.78 is 2.06. The number of nitrogens with one attached hydrogen (secondary N) is 2. The van der Waals surface area contributed by atoms with Crippen molar-refractivity contribution in [3.63, 3.8) is 0 Å². The Balaban J connectivity index is 0.00000312. The van der Waals surface area contributed by atoms with Crippen LogP contribution in [-0.2, 0) is 19.4 Å². The summed E-state index contributed by atoms with van der Waals surface area (Å²) in [6.07, 6.45) is 3.54. The molecule has 0 amide bonds. The quantitative estimate of drug-likeness (QED) is 0.349. The maximum atomic E-state index is 5.90. The standard InChI is InChI=1S/C17H25ClN6.HI/c1-3-16-23-22-13-24(16)12-11-21-17(19-4-2)20-10-9-14-5-7-15(18)8-6-14;/h5-8,13H,3-4,9-12H2,1-2H3,(H2,19,20,21);1H. The van der Waals surface area contributed by atoms with Gasteiger partial charge in [-0.2, -0.15) is 0 Å². The third-order valence-corrected chi connectivity index (χ3v) is 3.84. The lowest BCUT2D eigenvalue weighted by atomic mass is 10.1. The van der Waals surface area contributed by atoms with Gasteiger partial charge in [-0.1, -0.05) is 30.7 Å². The van der Waals surface area contributed by atoms with Crippen LogP contribution in [0.4, 0.5) is 0 Å². The summed E-state index contributed by atoms with van der Waals surface area (Å²) in [7, 11) is 0. The van der Waals surface area contributed by atoms with Crippen molar-refractivity contribution in [3.05, 3.63) is 47.0 Å². The van der Waals surface area contributed by atoms with Gasteiger partial charge >= 0.3 is 0 Å². The van der Waals surface area contributed by atoms with E-state index in [1.165, 1.54) is 5.56 Å². The molecule has 2 aromatic rings. The molecule has 0 aliphatic carbocycles. The lowest BCUT2D eigenvalue weighted by Crippen LogP contribution is -2.39. The second-order valence-corrected chi connectivity index (χ2v) is 5.79. The Morgan fingerprint density at radius 2 is 1.96 bits per heavy atom. The molecule has 0 saturated carbocycles. The van der Waals surface area contributed by atoms with Gasteiger partial charge in [-0.25, -0.2) is 0 Å². The molecular formula is C17H26ClIN6. The average Bonchev–Trinajstić information content (AvgIpc) is 3.04. The van der Waals surface area contributed by atoms with Crippen molar-refractivity contribution in [2.45, 2.75) is 33.2 Å². The fourth-order valence-electron chi connectivity index (χ4n) is 2.32. The first kappa shape index (κ1) is 21.7. The number of aliphatic imine (C=N–C) groups is 1. The number of halogens is 2. The number of hydrogen-bond acceptors (Lipinski definition) is 3. The van der Waals surface area contributed by atoms with Gasteiger partial charge in [0.25, 0.3) is 0 Å². The van der Waals surface area contributed by atoms with Crippen molar-refractivity contribution in [3.8, 4) is 0 Å². The maximum Gasteiger partial charge on any atom is 0.191 e. The molecule has 0 aliphatic heterocycles. The van der Waals surface area contributed by atoms with Gasteiger partial charge in [-0.15, -0.1) is 34.2 Å². The van der Waals surface area contributed by atoms with Crippen molar-refractivity contribution < 1.29 is 0 Å². The topological polar surface area (TPSA) is 67.1 Å². The van der Waals surface area contributed by atoms with Gasteiger partial charge in [-0.05, 0) is 31.0 Å². The molecule has 0 fully saturated rings.